The normalized spacial score (nSPS) is 22.6. The summed E-state index contributed by atoms with van der Waals surface area (Å²) >= 11 is 5.93. The lowest BCUT2D eigenvalue weighted by molar-refractivity contribution is -0.151. The number of esters is 1. The quantitative estimate of drug-likeness (QED) is 0.529. The maximum absolute atomic E-state index is 12.5. The summed E-state index contributed by atoms with van der Waals surface area (Å²) in [5.74, 6) is -1.66. The fourth-order valence-corrected chi connectivity index (χ4v) is 3.46. The van der Waals surface area contributed by atoms with Crippen LogP contribution in [0.1, 0.15) is 38.3 Å². The van der Waals surface area contributed by atoms with Crippen molar-refractivity contribution in [2.75, 3.05) is 13.2 Å². The Balaban J connectivity index is 1.47. The van der Waals surface area contributed by atoms with Gasteiger partial charge in [0.05, 0.1) is 6.04 Å². The van der Waals surface area contributed by atoms with Crippen LogP contribution in [0.25, 0.3) is 0 Å². The minimum atomic E-state index is -0.957. The molecule has 28 heavy (non-hydrogen) atoms. The van der Waals surface area contributed by atoms with E-state index in [-0.39, 0.29) is 12.0 Å². The van der Waals surface area contributed by atoms with Crippen molar-refractivity contribution >= 4 is 35.4 Å². The number of nitrogens with one attached hydrogen (secondary N) is 2. The highest BCUT2D eigenvalue weighted by Crippen LogP contribution is 2.42. The first kappa shape index (κ1) is 20.1. The lowest BCUT2D eigenvalue weighted by Gasteiger charge is -2.20. The molecule has 1 aromatic rings. The summed E-state index contributed by atoms with van der Waals surface area (Å²) < 4.78 is 4.92. The molecule has 8 nitrogen and oxygen atoms in total. The van der Waals surface area contributed by atoms with Gasteiger partial charge in [0.1, 0.15) is 12.1 Å². The highest BCUT2D eigenvalue weighted by atomic mass is 35.5. The number of nitrogens with zero attached hydrogens (tertiary/aromatic N) is 1. The molecule has 2 N–H and O–H groups in total. The highest BCUT2D eigenvalue weighted by Gasteiger charge is 2.56. The average Bonchev–Trinajstić information content (AvgIpc) is 3.46. The van der Waals surface area contributed by atoms with E-state index in [4.69, 9.17) is 16.3 Å². The van der Waals surface area contributed by atoms with Crippen molar-refractivity contribution in [1.82, 2.24) is 15.5 Å². The van der Waals surface area contributed by atoms with Crippen LogP contribution >= 0.6 is 11.6 Å². The van der Waals surface area contributed by atoms with Gasteiger partial charge in [0.15, 0.2) is 6.61 Å². The molecule has 1 aliphatic carbocycles. The van der Waals surface area contributed by atoms with Crippen molar-refractivity contribution in [3.63, 3.8) is 0 Å². The van der Waals surface area contributed by atoms with Gasteiger partial charge in [-0.2, -0.15) is 0 Å². The van der Waals surface area contributed by atoms with Crippen molar-refractivity contribution in [3.05, 3.63) is 34.9 Å². The van der Waals surface area contributed by atoms with E-state index in [1.54, 1.807) is 32.0 Å². The molecule has 0 unspecified atom stereocenters. The minimum Gasteiger partial charge on any atom is -0.454 e. The maximum atomic E-state index is 12.5. The van der Waals surface area contributed by atoms with Crippen LogP contribution in [-0.2, 0) is 19.1 Å². The number of halogens is 1. The van der Waals surface area contributed by atoms with Gasteiger partial charge in [-0.25, -0.2) is 4.79 Å². The van der Waals surface area contributed by atoms with Gasteiger partial charge < -0.3 is 15.4 Å². The molecule has 2 aliphatic rings. The van der Waals surface area contributed by atoms with Crippen molar-refractivity contribution in [1.29, 1.82) is 0 Å². The number of imide groups is 1. The number of hydrogen-bond donors (Lipinski definition) is 2. The second-order valence-electron chi connectivity index (χ2n) is 7.30. The van der Waals surface area contributed by atoms with Gasteiger partial charge in [-0.1, -0.05) is 23.7 Å². The number of benzene rings is 1. The van der Waals surface area contributed by atoms with Crippen molar-refractivity contribution in [2.24, 2.45) is 5.92 Å². The molecule has 0 aromatic heterocycles. The number of amides is 4. The van der Waals surface area contributed by atoms with Crippen LogP contribution in [-0.4, -0.2) is 47.4 Å². The van der Waals surface area contributed by atoms with Crippen molar-refractivity contribution in [3.8, 4) is 0 Å². The SMILES string of the molecule is C[C@@H](NC(=O)COC(=O)CN1C(=O)N[C@@](C)(C2CC2)C1=O)c1cccc(Cl)c1. The number of urea groups is 1. The zero-order valence-corrected chi connectivity index (χ0v) is 16.4. The summed E-state index contributed by atoms with van der Waals surface area (Å²) in [5.41, 5.74) is -0.146. The lowest BCUT2D eigenvalue weighted by atomic mass is 9.96. The van der Waals surface area contributed by atoms with E-state index in [1.807, 2.05) is 6.07 Å². The fourth-order valence-electron chi connectivity index (χ4n) is 3.26. The van der Waals surface area contributed by atoms with Gasteiger partial charge >= 0.3 is 12.0 Å². The van der Waals surface area contributed by atoms with E-state index in [2.05, 4.69) is 10.6 Å². The Morgan fingerprint density at radius 3 is 2.75 bits per heavy atom. The van der Waals surface area contributed by atoms with Crippen LogP contribution in [0.2, 0.25) is 5.02 Å². The number of hydrogen-bond acceptors (Lipinski definition) is 5. The van der Waals surface area contributed by atoms with Gasteiger partial charge in [-0.05, 0) is 50.3 Å². The van der Waals surface area contributed by atoms with Crippen LogP contribution in [0.5, 0.6) is 0 Å². The summed E-state index contributed by atoms with van der Waals surface area (Å²) in [4.78, 5) is 49.3. The van der Waals surface area contributed by atoms with Gasteiger partial charge in [-0.15, -0.1) is 0 Å². The topological polar surface area (TPSA) is 105 Å². The van der Waals surface area contributed by atoms with Gasteiger partial charge in [-0.3, -0.25) is 19.3 Å². The zero-order valence-electron chi connectivity index (χ0n) is 15.7. The van der Waals surface area contributed by atoms with Crippen LogP contribution in [0.15, 0.2) is 24.3 Å². The molecule has 1 saturated carbocycles. The first-order chi connectivity index (χ1) is 13.2. The smallest absolute Gasteiger partial charge is 0.326 e. The predicted molar refractivity (Wildman–Crippen MR) is 100 cm³/mol. The Labute approximate surface area is 167 Å². The average molecular weight is 408 g/mol. The van der Waals surface area contributed by atoms with Crippen molar-refractivity contribution in [2.45, 2.75) is 38.3 Å². The summed E-state index contributed by atoms with van der Waals surface area (Å²) in [7, 11) is 0. The van der Waals surface area contributed by atoms with Crippen molar-refractivity contribution < 1.29 is 23.9 Å². The lowest BCUT2D eigenvalue weighted by Crippen LogP contribution is -2.46. The third-order valence-corrected chi connectivity index (χ3v) is 5.31. The second-order valence-corrected chi connectivity index (χ2v) is 7.74. The Hall–Kier alpha value is -2.61. The molecule has 0 bridgehead atoms. The second kappa shape index (κ2) is 7.79. The van der Waals surface area contributed by atoms with E-state index >= 15 is 0 Å². The number of carbonyl (C=O) groups excluding carboxylic acids is 4. The molecule has 0 radical (unpaired) electrons. The summed E-state index contributed by atoms with van der Waals surface area (Å²) in [6.07, 6.45) is 1.73. The number of rotatable bonds is 7. The van der Waals surface area contributed by atoms with Gasteiger partial charge in [0, 0.05) is 5.02 Å². The van der Waals surface area contributed by atoms with E-state index < -0.39 is 42.5 Å². The molecule has 1 aromatic carbocycles. The minimum absolute atomic E-state index is 0.101. The molecule has 0 spiro atoms. The van der Waals surface area contributed by atoms with Crippen LogP contribution < -0.4 is 10.6 Å². The summed E-state index contributed by atoms with van der Waals surface area (Å²) in [6, 6.07) is 6.11. The monoisotopic (exact) mass is 407 g/mol. The molecule has 150 valence electrons. The molecular formula is C19H22ClN3O5. The van der Waals surface area contributed by atoms with E-state index in [0.717, 1.165) is 23.3 Å². The van der Waals surface area contributed by atoms with Gasteiger partial charge in [0.2, 0.25) is 0 Å². The van der Waals surface area contributed by atoms with Crippen LogP contribution in [0, 0.1) is 5.92 Å². The molecule has 1 aliphatic heterocycles. The first-order valence-electron chi connectivity index (χ1n) is 9.05. The van der Waals surface area contributed by atoms with E-state index in [1.165, 1.54) is 0 Å². The summed E-state index contributed by atoms with van der Waals surface area (Å²) in [5, 5.41) is 5.89. The third-order valence-electron chi connectivity index (χ3n) is 5.07. The fraction of sp³-hybridized carbons (Fsp3) is 0.474. The van der Waals surface area contributed by atoms with Gasteiger partial charge in [0.25, 0.3) is 11.8 Å². The Morgan fingerprint density at radius 2 is 2.11 bits per heavy atom. The zero-order chi connectivity index (χ0) is 20.5. The molecule has 9 heteroatoms. The molecule has 3 rings (SSSR count). The molecule has 1 heterocycles. The number of carbonyl (C=O) groups is 4. The first-order valence-corrected chi connectivity index (χ1v) is 9.43. The van der Waals surface area contributed by atoms with E-state index in [9.17, 15) is 19.2 Å². The maximum Gasteiger partial charge on any atom is 0.326 e. The highest BCUT2D eigenvalue weighted by molar-refractivity contribution is 6.30. The summed E-state index contributed by atoms with van der Waals surface area (Å²) in [6.45, 7) is 2.41. The Bertz CT molecular complexity index is 826. The molecule has 4 amide bonds. The Morgan fingerprint density at radius 1 is 1.39 bits per heavy atom. The third kappa shape index (κ3) is 4.27. The molecule has 2 atom stereocenters. The van der Waals surface area contributed by atoms with Crippen LogP contribution in [0.3, 0.4) is 0 Å². The standard InChI is InChI=1S/C19H22ClN3O5/c1-11(12-4-3-5-14(20)8-12)21-15(24)10-28-16(25)9-23-17(26)19(2,13-6-7-13)22-18(23)27/h3-5,8,11,13H,6-7,9-10H2,1-2H3,(H,21,24)(H,22,27)/t11-,19+/m1/s1. The molecular weight excluding hydrogens is 386 g/mol. The van der Waals surface area contributed by atoms with E-state index in [0.29, 0.717) is 5.02 Å². The Kier molecular flexibility index (Phi) is 5.60. The molecule has 1 saturated heterocycles. The largest absolute Gasteiger partial charge is 0.454 e. The van der Waals surface area contributed by atoms with Crippen LogP contribution in [0.4, 0.5) is 4.79 Å². The number of ether oxygens (including phenoxy) is 1. The molecule has 2 fully saturated rings. The predicted octanol–water partition coefficient (Wildman–Crippen LogP) is 1.78.